The molecule has 1 atom stereocenters. The number of hydrogen-bond donors (Lipinski definition) is 0. The molecule has 2 heterocycles. The summed E-state index contributed by atoms with van der Waals surface area (Å²) in [5.74, 6) is -0.867. The van der Waals surface area contributed by atoms with Crippen LogP contribution in [0.2, 0.25) is 0 Å². The van der Waals surface area contributed by atoms with Gasteiger partial charge in [0.05, 0.1) is 11.7 Å². The van der Waals surface area contributed by atoms with Crippen LogP contribution in [0.4, 0.5) is 8.78 Å². The smallest absolute Gasteiger partial charge is 0.212 e. The Hall–Kier alpha value is -1.71. The minimum absolute atomic E-state index is 0.0152. The Morgan fingerprint density at radius 2 is 1.89 bits per heavy atom. The van der Waals surface area contributed by atoms with Crippen LogP contribution in [-0.2, 0) is 10.0 Å². The summed E-state index contributed by atoms with van der Waals surface area (Å²) in [6.07, 6.45) is 7.19. The van der Waals surface area contributed by atoms with Gasteiger partial charge < -0.3 is 0 Å². The Morgan fingerprint density at radius 1 is 1.19 bits per heavy atom. The highest BCUT2D eigenvalue weighted by atomic mass is 32.2. The first-order valence-corrected chi connectivity index (χ1v) is 11.0. The summed E-state index contributed by atoms with van der Waals surface area (Å²) in [4.78, 5) is 0.0229. The van der Waals surface area contributed by atoms with E-state index < -0.39 is 15.8 Å². The normalized spacial score (nSPS) is 22.3. The van der Waals surface area contributed by atoms with E-state index in [0.29, 0.717) is 37.9 Å². The number of aryl methyl sites for hydroxylation is 1. The predicted octanol–water partition coefficient (Wildman–Crippen LogP) is 3.97. The third kappa shape index (κ3) is 3.21. The average molecular weight is 411 g/mol. The van der Waals surface area contributed by atoms with Gasteiger partial charge in [-0.3, -0.25) is 0 Å². The Kier molecular flexibility index (Phi) is 4.85. The Bertz CT molecular complexity index is 1040. The van der Waals surface area contributed by atoms with Gasteiger partial charge in [0.15, 0.2) is 5.82 Å². The number of halogens is 2. The monoisotopic (exact) mass is 411 g/mol. The maximum absolute atomic E-state index is 14.1. The van der Waals surface area contributed by atoms with E-state index in [0.717, 1.165) is 11.7 Å². The molecule has 1 aliphatic heterocycles. The van der Waals surface area contributed by atoms with Crippen molar-refractivity contribution in [2.24, 2.45) is 11.8 Å². The highest BCUT2D eigenvalue weighted by molar-refractivity contribution is 7.89. The van der Waals surface area contributed by atoms with Gasteiger partial charge in [-0.25, -0.2) is 17.2 Å². The van der Waals surface area contributed by atoms with Crippen LogP contribution in [0.5, 0.6) is 0 Å². The summed E-state index contributed by atoms with van der Waals surface area (Å²) in [5.41, 5.74) is 0.390. The van der Waals surface area contributed by atoms with Crippen LogP contribution in [0.3, 0.4) is 0 Å². The molecule has 1 fully saturated rings. The summed E-state index contributed by atoms with van der Waals surface area (Å²) >= 11 is 0.794. The van der Waals surface area contributed by atoms with Crippen molar-refractivity contribution < 1.29 is 17.2 Å². The summed E-state index contributed by atoms with van der Waals surface area (Å²) in [7, 11) is -3.83. The molecule has 0 saturated carbocycles. The lowest BCUT2D eigenvalue weighted by atomic mass is 9.82. The van der Waals surface area contributed by atoms with Crippen molar-refractivity contribution in [3.8, 4) is 0 Å². The molecule has 1 aliphatic carbocycles. The minimum Gasteiger partial charge on any atom is -0.212 e. The minimum atomic E-state index is -3.83. The second-order valence-corrected chi connectivity index (χ2v) is 9.39. The number of fused-ring (bicyclic) bond motifs is 1. The van der Waals surface area contributed by atoms with E-state index >= 15 is 0 Å². The van der Waals surface area contributed by atoms with Gasteiger partial charge in [-0.15, -0.1) is 0 Å². The van der Waals surface area contributed by atoms with Crippen molar-refractivity contribution in [3.63, 3.8) is 0 Å². The lowest BCUT2D eigenvalue weighted by Crippen LogP contribution is -2.40. The topological polar surface area (TPSA) is 63.2 Å². The van der Waals surface area contributed by atoms with Gasteiger partial charge in [0.25, 0.3) is 0 Å². The first kappa shape index (κ1) is 18.6. The molecule has 2 aromatic rings. The van der Waals surface area contributed by atoms with Crippen LogP contribution in [0, 0.1) is 24.6 Å². The quantitative estimate of drug-likeness (QED) is 0.717. The molecule has 1 aromatic carbocycles. The number of hydrogen-bond acceptors (Lipinski definition) is 5. The fourth-order valence-electron chi connectivity index (χ4n) is 3.95. The first-order chi connectivity index (χ1) is 12.9. The van der Waals surface area contributed by atoms with E-state index in [4.69, 9.17) is 0 Å². The van der Waals surface area contributed by atoms with Gasteiger partial charge in [-0.05, 0) is 49.8 Å². The van der Waals surface area contributed by atoms with Crippen LogP contribution in [0.1, 0.15) is 24.8 Å². The fraction of sp³-hybridized carbons (Fsp3) is 0.444. The lowest BCUT2D eigenvalue weighted by molar-refractivity contribution is 0.231. The standard InChI is InChI=1S/C18H19F2N3O2S2/c1-11-10-15(20)16-17(22-26-21-16)18(11)27(24,25)23-8-6-12(7-9-23)13-4-2-3-5-14(13)19/h2,4-5,10,12-13H,3,6-9H2,1H3. The van der Waals surface area contributed by atoms with Gasteiger partial charge in [-0.2, -0.15) is 13.1 Å². The van der Waals surface area contributed by atoms with Crippen LogP contribution >= 0.6 is 11.7 Å². The number of piperidine rings is 1. The zero-order valence-corrected chi connectivity index (χ0v) is 16.4. The van der Waals surface area contributed by atoms with Crippen molar-refractivity contribution in [1.82, 2.24) is 13.1 Å². The van der Waals surface area contributed by atoms with Crippen LogP contribution < -0.4 is 0 Å². The third-order valence-electron chi connectivity index (χ3n) is 5.35. The Labute approximate surface area is 160 Å². The van der Waals surface area contributed by atoms with Crippen LogP contribution in [0.25, 0.3) is 11.0 Å². The molecule has 0 radical (unpaired) electrons. The zero-order valence-electron chi connectivity index (χ0n) is 14.7. The van der Waals surface area contributed by atoms with Crippen LogP contribution in [0.15, 0.2) is 35.0 Å². The molecule has 0 bridgehead atoms. The summed E-state index contributed by atoms with van der Waals surface area (Å²) in [6.45, 7) is 2.18. The number of sulfonamides is 1. The molecule has 4 rings (SSSR count). The zero-order chi connectivity index (χ0) is 19.2. The number of benzene rings is 1. The molecule has 9 heteroatoms. The number of aromatic nitrogens is 2. The molecule has 1 unspecified atom stereocenters. The number of rotatable bonds is 3. The molecule has 0 amide bonds. The van der Waals surface area contributed by atoms with E-state index in [1.165, 1.54) is 10.4 Å². The summed E-state index contributed by atoms with van der Waals surface area (Å²) < 4.78 is 63.9. The Balaban J connectivity index is 1.60. The third-order valence-corrected chi connectivity index (χ3v) is 7.95. The molecule has 1 saturated heterocycles. The number of nitrogens with zero attached hydrogens (tertiary/aromatic N) is 3. The summed E-state index contributed by atoms with van der Waals surface area (Å²) in [6, 6.07) is 1.19. The molecular weight excluding hydrogens is 392 g/mol. The highest BCUT2D eigenvalue weighted by Crippen LogP contribution is 2.37. The van der Waals surface area contributed by atoms with Gasteiger partial charge in [0, 0.05) is 19.0 Å². The largest absolute Gasteiger partial charge is 0.245 e. The lowest BCUT2D eigenvalue weighted by Gasteiger charge is -2.34. The highest BCUT2D eigenvalue weighted by Gasteiger charge is 2.36. The second kappa shape index (κ2) is 7.03. The van der Waals surface area contributed by atoms with E-state index in [9.17, 15) is 17.2 Å². The maximum atomic E-state index is 14.1. The Morgan fingerprint density at radius 3 is 2.59 bits per heavy atom. The molecule has 144 valence electrons. The predicted molar refractivity (Wildman–Crippen MR) is 100 cm³/mol. The number of allylic oxidation sites excluding steroid dienone is 4. The molecular formula is C18H19F2N3O2S2. The molecule has 2 aliphatic rings. The van der Waals surface area contributed by atoms with Gasteiger partial charge >= 0.3 is 0 Å². The van der Waals surface area contributed by atoms with Crippen molar-refractivity contribution in [1.29, 1.82) is 0 Å². The molecule has 0 spiro atoms. The first-order valence-electron chi connectivity index (χ1n) is 8.83. The maximum Gasteiger partial charge on any atom is 0.245 e. The van der Waals surface area contributed by atoms with Crippen molar-refractivity contribution in [2.75, 3.05) is 13.1 Å². The van der Waals surface area contributed by atoms with E-state index in [2.05, 4.69) is 8.75 Å². The van der Waals surface area contributed by atoms with Gasteiger partial charge in [-0.1, -0.05) is 12.2 Å². The molecule has 5 nitrogen and oxygen atoms in total. The van der Waals surface area contributed by atoms with Crippen LogP contribution in [-0.4, -0.2) is 34.6 Å². The van der Waals surface area contributed by atoms with E-state index in [1.807, 2.05) is 12.2 Å². The molecule has 0 N–H and O–H groups in total. The summed E-state index contributed by atoms with van der Waals surface area (Å²) in [5, 5.41) is 0. The van der Waals surface area contributed by atoms with Crippen molar-refractivity contribution in [2.45, 2.75) is 31.1 Å². The molecule has 27 heavy (non-hydrogen) atoms. The van der Waals surface area contributed by atoms with Gasteiger partial charge in [0.2, 0.25) is 10.0 Å². The van der Waals surface area contributed by atoms with Gasteiger partial charge in [0.1, 0.15) is 21.8 Å². The van der Waals surface area contributed by atoms with E-state index in [1.54, 1.807) is 13.0 Å². The van der Waals surface area contributed by atoms with Crippen molar-refractivity contribution in [3.05, 3.63) is 41.5 Å². The SMILES string of the molecule is Cc1cc(F)c2nsnc2c1S(=O)(=O)N1CCC(C2C=CCC=C2F)CC1. The molecule has 1 aromatic heterocycles. The van der Waals surface area contributed by atoms with E-state index in [-0.39, 0.29) is 33.6 Å². The average Bonchev–Trinajstić information content (AvgIpc) is 3.12. The van der Waals surface area contributed by atoms with Crippen molar-refractivity contribution >= 4 is 32.8 Å². The fourth-order valence-corrected chi connectivity index (χ4v) is 6.37. The second-order valence-electron chi connectivity index (χ2n) is 6.99.